The number of aliphatic hydroxyl groups excluding tert-OH is 4. The lowest BCUT2D eigenvalue weighted by Gasteiger charge is -2.39. The van der Waals surface area contributed by atoms with Gasteiger partial charge in [0.25, 0.3) is 0 Å². The molecule has 0 saturated carbocycles. The maximum Gasteiger partial charge on any atom is 0.239 e. The van der Waals surface area contributed by atoms with Gasteiger partial charge < -0.3 is 45.7 Å². The lowest BCUT2D eigenvalue weighted by atomic mass is 9.98. The van der Waals surface area contributed by atoms with Gasteiger partial charge in [0.2, 0.25) is 18.1 Å². The molecule has 0 radical (unpaired) electrons. The number of amides is 1. The minimum absolute atomic E-state index is 0.0950. The standard InChI is InChI=1S/C26H40N4O8/c1-14(2)19-17(23(30-29-19)38-24-22(34)21(33)20(32)18(13-31)37-24)12-15-6-8-16(9-7-15)36-11-5-10-28-25(35)26(3,4)27/h6-9,14,18,20-22,24,31-34H,5,10-13,27H2,1-4H3,(H,28,35)(H,29,30)/t18-,20-,21+,22-,24+/m1/s1. The molecule has 1 fully saturated rings. The third-order valence-electron chi connectivity index (χ3n) is 6.28. The molecule has 1 aliphatic heterocycles. The first-order valence-electron chi connectivity index (χ1n) is 12.8. The number of aliphatic hydroxyl groups is 4. The van der Waals surface area contributed by atoms with Gasteiger partial charge in [-0.05, 0) is 43.9 Å². The van der Waals surface area contributed by atoms with Gasteiger partial charge in [0.05, 0.1) is 18.8 Å². The quantitative estimate of drug-likeness (QED) is 0.181. The number of hydrogen-bond acceptors (Lipinski definition) is 10. The van der Waals surface area contributed by atoms with Gasteiger partial charge in [0.1, 0.15) is 30.2 Å². The molecule has 1 saturated heterocycles. The predicted molar refractivity (Wildman–Crippen MR) is 138 cm³/mol. The maximum absolute atomic E-state index is 11.8. The highest BCUT2D eigenvalue weighted by molar-refractivity contribution is 5.84. The largest absolute Gasteiger partial charge is 0.494 e. The van der Waals surface area contributed by atoms with E-state index < -0.39 is 42.9 Å². The second-order valence-corrected chi connectivity index (χ2v) is 10.4. The number of hydrogen-bond donors (Lipinski definition) is 7. The van der Waals surface area contributed by atoms with Crippen LogP contribution in [0.25, 0.3) is 0 Å². The van der Waals surface area contributed by atoms with Gasteiger partial charge in [-0.3, -0.25) is 9.89 Å². The Labute approximate surface area is 222 Å². The molecule has 0 spiro atoms. The Kier molecular flexibility index (Phi) is 10.1. The van der Waals surface area contributed by atoms with Gasteiger partial charge in [-0.15, -0.1) is 5.10 Å². The van der Waals surface area contributed by atoms with Crippen molar-refractivity contribution in [3.05, 3.63) is 41.1 Å². The van der Waals surface area contributed by atoms with Crippen molar-refractivity contribution in [1.82, 2.24) is 15.5 Å². The second kappa shape index (κ2) is 12.9. The average molecular weight is 537 g/mol. The minimum Gasteiger partial charge on any atom is -0.494 e. The fourth-order valence-corrected chi connectivity index (χ4v) is 3.98. The van der Waals surface area contributed by atoms with Crippen LogP contribution in [0.4, 0.5) is 0 Å². The Bertz CT molecular complexity index is 1030. The van der Waals surface area contributed by atoms with Crippen molar-refractivity contribution in [3.63, 3.8) is 0 Å². The molecule has 212 valence electrons. The van der Waals surface area contributed by atoms with E-state index in [4.69, 9.17) is 19.9 Å². The zero-order chi connectivity index (χ0) is 28.0. The fraction of sp³-hybridized carbons (Fsp3) is 0.615. The van der Waals surface area contributed by atoms with Gasteiger partial charge >= 0.3 is 0 Å². The second-order valence-electron chi connectivity index (χ2n) is 10.4. The summed E-state index contributed by atoms with van der Waals surface area (Å²) in [4.78, 5) is 11.8. The van der Waals surface area contributed by atoms with E-state index in [1.807, 2.05) is 38.1 Å². The molecule has 2 aromatic rings. The summed E-state index contributed by atoms with van der Waals surface area (Å²) < 4.78 is 17.1. The molecule has 0 bridgehead atoms. The smallest absolute Gasteiger partial charge is 0.239 e. The van der Waals surface area contributed by atoms with E-state index in [0.29, 0.717) is 31.7 Å². The summed E-state index contributed by atoms with van der Waals surface area (Å²) in [6.07, 6.45) is -5.88. The highest BCUT2D eigenvalue weighted by Gasteiger charge is 2.45. The predicted octanol–water partition coefficient (Wildman–Crippen LogP) is -0.0750. The van der Waals surface area contributed by atoms with E-state index in [2.05, 4.69) is 15.5 Å². The Morgan fingerprint density at radius 1 is 1.18 bits per heavy atom. The molecule has 0 unspecified atom stereocenters. The van der Waals surface area contributed by atoms with Gasteiger partial charge in [0, 0.05) is 24.2 Å². The molecule has 0 aliphatic carbocycles. The topological polar surface area (TPSA) is 192 Å². The number of carbonyl (C=O) groups excluding carboxylic acids is 1. The van der Waals surface area contributed by atoms with Crippen LogP contribution >= 0.6 is 0 Å². The molecule has 1 amide bonds. The number of aromatic nitrogens is 2. The van der Waals surface area contributed by atoms with Gasteiger partial charge in [-0.1, -0.05) is 26.0 Å². The number of nitrogens with zero attached hydrogens (tertiary/aromatic N) is 1. The molecule has 1 aromatic heterocycles. The third-order valence-corrected chi connectivity index (χ3v) is 6.28. The number of benzene rings is 1. The minimum atomic E-state index is -1.55. The number of H-pyrrole nitrogens is 1. The first-order chi connectivity index (χ1) is 17.9. The number of ether oxygens (including phenoxy) is 3. The summed E-state index contributed by atoms with van der Waals surface area (Å²) in [6, 6.07) is 7.54. The van der Waals surface area contributed by atoms with Crippen molar-refractivity contribution < 1.29 is 39.4 Å². The molecule has 5 atom stereocenters. The van der Waals surface area contributed by atoms with Gasteiger partial charge in [0.15, 0.2) is 0 Å². The molecule has 12 heteroatoms. The van der Waals surface area contributed by atoms with E-state index >= 15 is 0 Å². The van der Waals surface area contributed by atoms with Crippen molar-refractivity contribution in [2.45, 2.75) is 82.7 Å². The average Bonchev–Trinajstić information content (AvgIpc) is 3.26. The summed E-state index contributed by atoms with van der Waals surface area (Å²) in [6.45, 7) is 7.65. The Hall–Kier alpha value is -2.74. The lowest BCUT2D eigenvalue weighted by molar-refractivity contribution is -0.278. The number of carbonyl (C=O) groups is 1. The van der Waals surface area contributed by atoms with Crippen LogP contribution in [-0.4, -0.2) is 92.5 Å². The number of rotatable bonds is 12. The monoisotopic (exact) mass is 536 g/mol. The van der Waals surface area contributed by atoms with Crippen LogP contribution in [0.15, 0.2) is 24.3 Å². The normalized spacial score (nSPS) is 23.9. The van der Waals surface area contributed by atoms with Crippen molar-refractivity contribution in [1.29, 1.82) is 0 Å². The Morgan fingerprint density at radius 3 is 2.47 bits per heavy atom. The molecule has 12 nitrogen and oxygen atoms in total. The van der Waals surface area contributed by atoms with Crippen LogP contribution in [-0.2, 0) is 16.0 Å². The molecule has 3 rings (SSSR count). The van der Waals surface area contributed by atoms with E-state index in [-0.39, 0.29) is 17.7 Å². The van der Waals surface area contributed by atoms with E-state index in [1.54, 1.807) is 13.8 Å². The summed E-state index contributed by atoms with van der Waals surface area (Å²) >= 11 is 0. The Balaban J connectivity index is 1.62. The fourth-order valence-electron chi connectivity index (χ4n) is 3.98. The van der Waals surface area contributed by atoms with Gasteiger partial charge in [-0.2, -0.15) is 0 Å². The molecule has 8 N–H and O–H groups in total. The van der Waals surface area contributed by atoms with Crippen LogP contribution in [0.5, 0.6) is 11.6 Å². The van der Waals surface area contributed by atoms with Crippen molar-refractivity contribution in [2.24, 2.45) is 5.73 Å². The molecule has 2 heterocycles. The lowest BCUT2D eigenvalue weighted by Crippen LogP contribution is -2.60. The maximum atomic E-state index is 11.8. The zero-order valence-electron chi connectivity index (χ0n) is 22.3. The SMILES string of the molecule is CC(C)c1[nH]nc(O[C@@H]2O[C@H](CO)[C@@H](O)[C@H](O)[C@H]2O)c1Cc1ccc(OCCCNC(=O)C(C)(C)N)cc1. The Morgan fingerprint density at radius 2 is 1.87 bits per heavy atom. The van der Waals surface area contributed by atoms with E-state index in [1.165, 1.54) is 0 Å². The van der Waals surface area contributed by atoms with E-state index in [0.717, 1.165) is 16.8 Å². The first-order valence-corrected chi connectivity index (χ1v) is 12.8. The summed E-state index contributed by atoms with van der Waals surface area (Å²) in [7, 11) is 0. The number of nitrogens with two attached hydrogens (primary N) is 1. The zero-order valence-corrected chi connectivity index (χ0v) is 22.3. The highest BCUT2D eigenvalue weighted by atomic mass is 16.7. The molecular weight excluding hydrogens is 496 g/mol. The van der Waals surface area contributed by atoms with Crippen LogP contribution in [0, 0.1) is 0 Å². The van der Waals surface area contributed by atoms with Crippen LogP contribution < -0.4 is 20.5 Å². The third kappa shape index (κ3) is 7.43. The molecule has 1 aromatic carbocycles. The summed E-state index contributed by atoms with van der Waals surface area (Å²) in [5.41, 5.74) is 7.39. The van der Waals surface area contributed by atoms with Crippen molar-refractivity contribution >= 4 is 5.91 Å². The first kappa shape index (κ1) is 29.8. The molecular formula is C26H40N4O8. The molecule has 1 aliphatic rings. The number of aromatic amines is 1. The summed E-state index contributed by atoms with van der Waals surface area (Å²) in [5, 5.41) is 49.9. The van der Waals surface area contributed by atoms with Crippen LogP contribution in [0.1, 0.15) is 56.9 Å². The number of nitrogens with one attached hydrogen (secondary N) is 2. The van der Waals surface area contributed by atoms with E-state index in [9.17, 15) is 25.2 Å². The molecule has 38 heavy (non-hydrogen) atoms. The highest BCUT2D eigenvalue weighted by Crippen LogP contribution is 2.31. The van der Waals surface area contributed by atoms with Crippen LogP contribution in [0.2, 0.25) is 0 Å². The summed E-state index contributed by atoms with van der Waals surface area (Å²) in [5.74, 6) is 0.767. The van der Waals surface area contributed by atoms with Gasteiger partial charge in [-0.25, -0.2) is 0 Å². The van der Waals surface area contributed by atoms with Crippen molar-refractivity contribution in [2.75, 3.05) is 19.8 Å². The van der Waals surface area contributed by atoms with Crippen LogP contribution in [0.3, 0.4) is 0 Å². The van der Waals surface area contributed by atoms with Crippen molar-refractivity contribution in [3.8, 4) is 11.6 Å².